The highest BCUT2D eigenvalue weighted by atomic mass is 32.1. The molecular formula is C13H15N3O2S. The fourth-order valence-electron chi connectivity index (χ4n) is 1.69. The molecule has 2 rings (SSSR count). The van der Waals surface area contributed by atoms with Gasteiger partial charge in [-0.2, -0.15) is 0 Å². The molecule has 5 nitrogen and oxygen atoms in total. The second-order valence-corrected chi connectivity index (χ2v) is 5.19. The van der Waals surface area contributed by atoms with Gasteiger partial charge >= 0.3 is 5.97 Å². The van der Waals surface area contributed by atoms with Crippen LogP contribution in [0.3, 0.4) is 0 Å². The van der Waals surface area contributed by atoms with Crippen molar-refractivity contribution in [1.82, 2.24) is 4.98 Å². The Morgan fingerprint density at radius 1 is 1.58 bits per heavy atom. The van der Waals surface area contributed by atoms with Crippen LogP contribution in [0.2, 0.25) is 0 Å². The molecule has 6 heteroatoms. The van der Waals surface area contributed by atoms with Crippen molar-refractivity contribution in [3.8, 4) is 0 Å². The lowest BCUT2D eigenvalue weighted by molar-refractivity contribution is 0.0698. The number of nitrogens with zero attached hydrogens (tertiary/aromatic N) is 1. The number of anilines is 2. The molecule has 1 unspecified atom stereocenters. The Hall–Kier alpha value is -2.08. The van der Waals surface area contributed by atoms with E-state index in [1.54, 1.807) is 35.7 Å². The average molecular weight is 277 g/mol. The molecule has 0 fully saturated rings. The van der Waals surface area contributed by atoms with E-state index in [1.165, 1.54) is 0 Å². The molecule has 2 aromatic rings. The summed E-state index contributed by atoms with van der Waals surface area (Å²) in [5.74, 6) is -0.750. The van der Waals surface area contributed by atoms with Gasteiger partial charge in [-0.1, -0.05) is 6.92 Å². The van der Waals surface area contributed by atoms with Crippen LogP contribution in [0.4, 0.5) is 11.4 Å². The predicted octanol–water partition coefficient (Wildman–Crippen LogP) is 2.64. The molecule has 0 saturated carbocycles. The number of hydrogen-bond donors (Lipinski definition) is 3. The summed E-state index contributed by atoms with van der Waals surface area (Å²) in [5, 5.41) is 15.2. The second-order valence-electron chi connectivity index (χ2n) is 4.26. The van der Waals surface area contributed by atoms with E-state index in [0.717, 1.165) is 10.7 Å². The molecule has 1 aromatic carbocycles. The van der Waals surface area contributed by atoms with Gasteiger partial charge in [-0.05, 0) is 18.2 Å². The second kappa shape index (κ2) is 5.71. The molecule has 0 amide bonds. The van der Waals surface area contributed by atoms with E-state index >= 15 is 0 Å². The number of nitrogens with two attached hydrogens (primary N) is 1. The van der Waals surface area contributed by atoms with E-state index < -0.39 is 5.97 Å². The molecule has 1 heterocycles. The summed E-state index contributed by atoms with van der Waals surface area (Å²) >= 11 is 1.61. The normalized spacial score (nSPS) is 12.1. The minimum absolute atomic E-state index is 0.118. The van der Waals surface area contributed by atoms with Crippen LogP contribution in [0.25, 0.3) is 0 Å². The van der Waals surface area contributed by atoms with Crippen LogP contribution in [0.1, 0.15) is 28.2 Å². The van der Waals surface area contributed by atoms with Crippen molar-refractivity contribution in [3.63, 3.8) is 0 Å². The van der Waals surface area contributed by atoms with Crippen molar-refractivity contribution in [2.24, 2.45) is 0 Å². The SMILES string of the molecule is CC(CNc1ccc(N)c(C(=O)O)c1)c1nccs1. The van der Waals surface area contributed by atoms with E-state index in [9.17, 15) is 4.79 Å². The first kappa shape index (κ1) is 13.4. The highest BCUT2D eigenvalue weighted by Gasteiger charge is 2.10. The summed E-state index contributed by atoms with van der Waals surface area (Å²) in [6.45, 7) is 2.76. The molecule has 0 aliphatic heterocycles. The Kier molecular flexibility index (Phi) is 4.01. The Bertz CT molecular complexity index is 569. The van der Waals surface area contributed by atoms with Gasteiger partial charge in [-0.15, -0.1) is 11.3 Å². The zero-order valence-corrected chi connectivity index (χ0v) is 11.3. The van der Waals surface area contributed by atoms with Crippen molar-refractivity contribution in [1.29, 1.82) is 0 Å². The van der Waals surface area contributed by atoms with Crippen LogP contribution in [0.5, 0.6) is 0 Å². The molecule has 1 atom stereocenters. The van der Waals surface area contributed by atoms with Crippen LogP contribution in [-0.2, 0) is 0 Å². The third kappa shape index (κ3) is 3.23. The number of nitrogen functional groups attached to an aromatic ring is 1. The van der Waals surface area contributed by atoms with E-state index in [1.807, 2.05) is 5.38 Å². The number of aromatic nitrogens is 1. The number of benzene rings is 1. The minimum Gasteiger partial charge on any atom is -0.478 e. The van der Waals surface area contributed by atoms with Crippen molar-refractivity contribution < 1.29 is 9.90 Å². The van der Waals surface area contributed by atoms with Gasteiger partial charge in [0.15, 0.2) is 0 Å². The van der Waals surface area contributed by atoms with Crippen LogP contribution in [0.15, 0.2) is 29.8 Å². The number of carboxylic acids is 1. The van der Waals surface area contributed by atoms with Crippen LogP contribution in [0, 0.1) is 0 Å². The molecule has 0 aliphatic rings. The van der Waals surface area contributed by atoms with Gasteiger partial charge in [0.1, 0.15) is 0 Å². The van der Waals surface area contributed by atoms with Crippen LogP contribution < -0.4 is 11.1 Å². The summed E-state index contributed by atoms with van der Waals surface area (Å²) in [7, 11) is 0. The third-order valence-electron chi connectivity index (χ3n) is 2.77. The van der Waals surface area contributed by atoms with E-state index in [-0.39, 0.29) is 17.2 Å². The summed E-state index contributed by atoms with van der Waals surface area (Å²) in [4.78, 5) is 15.2. The Morgan fingerprint density at radius 2 is 2.37 bits per heavy atom. The van der Waals surface area contributed by atoms with Crippen molar-refractivity contribution in [3.05, 3.63) is 40.3 Å². The van der Waals surface area contributed by atoms with Crippen molar-refractivity contribution in [2.45, 2.75) is 12.8 Å². The molecule has 0 aliphatic carbocycles. The lowest BCUT2D eigenvalue weighted by Gasteiger charge is -2.12. The van der Waals surface area contributed by atoms with Gasteiger partial charge in [-0.25, -0.2) is 9.78 Å². The lowest BCUT2D eigenvalue weighted by atomic mass is 10.1. The number of aromatic carboxylic acids is 1. The molecule has 0 saturated heterocycles. The maximum Gasteiger partial charge on any atom is 0.337 e. The maximum atomic E-state index is 11.0. The van der Waals surface area contributed by atoms with Gasteiger partial charge in [0, 0.05) is 35.4 Å². The lowest BCUT2D eigenvalue weighted by Crippen LogP contribution is -2.11. The largest absolute Gasteiger partial charge is 0.478 e. The molecule has 0 radical (unpaired) electrons. The first-order chi connectivity index (χ1) is 9.08. The predicted molar refractivity (Wildman–Crippen MR) is 76.8 cm³/mol. The van der Waals surface area contributed by atoms with Crippen LogP contribution >= 0.6 is 11.3 Å². The molecule has 1 aromatic heterocycles. The highest BCUT2D eigenvalue weighted by Crippen LogP contribution is 2.21. The molecule has 100 valence electrons. The van der Waals surface area contributed by atoms with Gasteiger partial charge in [0.2, 0.25) is 0 Å². The fraction of sp³-hybridized carbons (Fsp3) is 0.231. The molecule has 0 bridgehead atoms. The van der Waals surface area contributed by atoms with Gasteiger partial charge in [0.25, 0.3) is 0 Å². The smallest absolute Gasteiger partial charge is 0.337 e. The van der Waals surface area contributed by atoms with E-state index in [0.29, 0.717) is 6.54 Å². The quantitative estimate of drug-likeness (QED) is 0.731. The minimum atomic E-state index is -1.02. The summed E-state index contributed by atoms with van der Waals surface area (Å²) in [6.07, 6.45) is 1.78. The number of rotatable bonds is 5. The Labute approximate surface area is 115 Å². The molecular weight excluding hydrogens is 262 g/mol. The topological polar surface area (TPSA) is 88.2 Å². The number of hydrogen-bond acceptors (Lipinski definition) is 5. The number of carboxylic acid groups (broad SMARTS) is 1. The number of carbonyl (C=O) groups is 1. The highest BCUT2D eigenvalue weighted by molar-refractivity contribution is 7.09. The molecule has 19 heavy (non-hydrogen) atoms. The van der Waals surface area contributed by atoms with Crippen molar-refractivity contribution >= 4 is 28.7 Å². The number of thiazole rings is 1. The summed E-state index contributed by atoms with van der Waals surface area (Å²) < 4.78 is 0. The monoisotopic (exact) mass is 277 g/mol. The number of nitrogens with one attached hydrogen (secondary N) is 1. The standard InChI is InChI=1S/C13H15N3O2S/c1-8(12-15-4-5-19-12)7-16-9-2-3-11(14)10(6-9)13(17)18/h2-6,8,16H,7,14H2,1H3,(H,17,18). The zero-order chi connectivity index (χ0) is 13.8. The van der Waals surface area contributed by atoms with Crippen molar-refractivity contribution in [2.75, 3.05) is 17.6 Å². The van der Waals surface area contributed by atoms with Crippen LogP contribution in [-0.4, -0.2) is 22.6 Å². The van der Waals surface area contributed by atoms with Gasteiger partial charge < -0.3 is 16.2 Å². The molecule has 0 spiro atoms. The Morgan fingerprint density at radius 3 is 3.00 bits per heavy atom. The first-order valence-corrected chi connectivity index (χ1v) is 6.72. The molecule has 4 N–H and O–H groups in total. The summed E-state index contributed by atoms with van der Waals surface area (Å²) in [6, 6.07) is 4.92. The summed E-state index contributed by atoms with van der Waals surface area (Å²) in [5.41, 5.74) is 6.74. The van der Waals surface area contributed by atoms with Gasteiger partial charge in [-0.3, -0.25) is 0 Å². The average Bonchev–Trinajstić information content (AvgIpc) is 2.91. The first-order valence-electron chi connectivity index (χ1n) is 5.84. The fourth-order valence-corrected chi connectivity index (χ4v) is 2.39. The van der Waals surface area contributed by atoms with Gasteiger partial charge in [0.05, 0.1) is 10.6 Å². The Balaban J connectivity index is 2.04. The van der Waals surface area contributed by atoms with E-state index in [4.69, 9.17) is 10.8 Å². The maximum absolute atomic E-state index is 11.0. The van der Waals surface area contributed by atoms with E-state index in [2.05, 4.69) is 17.2 Å². The third-order valence-corrected chi connectivity index (χ3v) is 3.78. The zero-order valence-electron chi connectivity index (χ0n) is 10.5.